The van der Waals surface area contributed by atoms with Gasteiger partial charge >= 0.3 is 0 Å². The molecule has 0 aliphatic rings. The van der Waals surface area contributed by atoms with E-state index < -0.39 is 0 Å². The fraction of sp³-hybridized carbons (Fsp3) is 0.200. The van der Waals surface area contributed by atoms with Crippen LogP contribution in [0.5, 0.6) is 0 Å². The quantitative estimate of drug-likeness (QED) is 0.650. The van der Waals surface area contributed by atoms with Gasteiger partial charge in [0, 0.05) is 17.3 Å². The summed E-state index contributed by atoms with van der Waals surface area (Å²) in [6.45, 7) is 6.18. The van der Waals surface area contributed by atoms with Crippen LogP contribution < -0.4 is 0 Å². The van der Waals surface area contributed by atoms with Gasteiger partial charge in [-0.3, -0.25) is 0 Å². The van der Waals surface area contributed by atoms with Gasteiger partial charge in [-0.25, -0.2) is 9.50 Å². The van der Waals surface area contributed by atoms with Crippen molar-refractivity contribution >= 4 is 5.65 Å². The van der Waals surface area contributed by atoms with E-state index in [1.807, 2.05) is 35.7 Å². The summed E-state index contributed by atoms with van der Waals surface area (Å²) < 4.78 is 1.91. The molecule has 0 unspecified atom stereocenters. The molecule has 0 radical (unpaired) electrons. The molecule has 18 heavy (non-hydrogen) atoms. The summed E-state index contributed by atoms with van der Waals surface area (Å²) in [5.41, 5.74) is 6.42. The summed E-state index contributed by atoms with van der Waals surface area (Å²) in [6, 6.07) is 12.3. The van der Waals surface area contributed by atoms with Gasteiger partial charge in [-0.2, -0.15) is 5.10 Å². The van der Waals surface area contributed by atoms with E-state index in [1.165, 1.54) is 5.56 Å². The van der Waals surface area contributed by atoms with E-state index >= 15 is 0 Å². The Morgan fingerprint density at radius 3 is 2.44 bits per heavy atom. The molecule has 3 heteroatoms. The zero-order valence-electron chi connectivity index (χ0n) is 10.8. The van der Waals surface area contributed by atoms with E-state index in [-0.39, 0.29) is 0 Å². The SMILES string of the molecule is Cc1cc2nc(-c3ccccc3)c(C)c(C)n2n1. The molecule has 3 rings (SSSR count). The molecule has 2 heterocycles. The smallest absolute Gasteiger partial charge is 0.156 e. The number of hydrogen-bond donors (Lipinski definition) is 0. The van der Waals surface area contributed by atoms with Crippen molar-refractivity contribution in [2.75, 3.05) is 0 Å². The number of nitrogens with zero attached hydrogens (tertiary/aromatic N) is 3. The summed E-state index contributed by atoms with van der Waals surface area (Å²) in [7, 11) is 0. The monoisotopic (exact) mass is 237 g/mol. The predicted octanol–water partition coefficient (Wildman–Crippen LogP) is 3.32. The predicted molar refractivity (Wildman–Crippen MR) is 72.6 cm³/mol. The van der Waals surface area contributed by atoms with Crippen molar-refractivity contribution in [3.8, 4) is 11.3 Å². The van der Waals surface area contributed by atoms with Gasteiger partial charge in [0.2, 0.25) is 0 Å². The summed E-state index contributed by atoms with van der Waals surface area (Å²) in [5.74, 6) is 0. The van der Waals surface area contributed by atoms with Gasteiger partial charge in [-0.05, 0) is 26.3 Å². The van der Waals surface area contributed by atoms with E-state index in [0.717, 1.165) is 28.3 Å². The number of rotatable bonds is 1. The van der Waals surface area contributed by atoms with Gasteiger partial charge in [0.05, 0.1) is 11.4 Å². The Kier molecular flexibility index (Phi) is 2.40. The third-order valence-electron chi connectivity index (χ3n) is 3.30. The highest BCUT2D eigenvalue weighted by atomic mass is 15.3. The van der Waals surface area contributed by atoms with Crippen molar-refractivity contribution in [2.45, 2.75) is 20.8 Å². The van der Waals surface area contributed by atoms with Crippen LogP contribution >= 0.6 is 0 Å². The Morgan fingerprint density at radius 2 is 1.72 bits per heavy atom. The van der Waals surface area contributed by atoms with Crippen molar-refractivity contribution in [3.05, 3.63) is 53.3 Å². The van der Waals surface area contributed by atoms with Crippen LogP contribution in [0, 0.1) is 20.8 Å². The molecule has 3 aromatic rings. The standard InChI is InChI=1S/C15H15N3/c1-10-9-14-16-15(13-7-5-4-6-8-13)11(2)12(3)18(14)17-10/h4-9H,1-3H3. The van der Waals surface area contributed by atoms with E-state index in [0.29, 0.717) is 0 Å². The third kappa shape index (κ3) is 1.59. The maximum absolute atomic E-state index is 4.73. The van der Waals surface area contributed by atoms with Crippen LogP contribution in [0.2, 0.25) is 0 Å². The van der Waals surface area contributed by atoms with E-state index in [2.05, 4.69) is 31.1 Å². The zero-order chi connectivity index (χ0) is 12.7. The molecular weight excluding hydrogens is 222 g/mol. The second-order valence-corrected chi connectivity index (χ2v) is 4.59. The molecule has 2 aromatic heterocycles. The summed E-state index contributed by atoms with van der Waals surface area (Å²) in [4.78, 5) is 4.73. The molecule has 0 saturated carbocycles. The minimum atomic E-state index is 0.912. The molecule has 1 aromatic carbocycles. The van der Waals surface area contributed by atoms with Crippen LogP contribution in [0.25, 0.3) is 16.9 Å². The maximum atomic E-state index is 4.73. The maximum Gasteiger partial charge on any atom is 0.156 e. The van der Waals surface area contributed by atoms with Gasteiger partial charge in [-0.15, -0.1) is 0 Å². The number of fused-ring (bicyclic) bond motifs is 1. The number of benzene rings is 1. The van der Waals surface area contributed by atoms with Crippen LogP contribution in [0.15, 0.2) is 36.4 Å². The van der Waals surface area contributed by atoms with Crippen molar-refractivity contribution in [3.63, 3.8) is 0 Å². The lowest BCUT2D eigenvalue weighted by molar-refractivity contribution is 0.867. The van der Waals surface area contributed by atoms with Crippen LogP contribution in [0.3, 0.4) is 0 Å². The first-order chi connectivity index (χ1) is 8.66. The second kappa shape index (κ2) is 3.95. The molecule has 0 aliphatic carbocycles. The van der Waals surface area contributed by atoms with Crippen molar-refractivity contribution in [2.24, 2.45) is 0 Å². The lowest BCUT2D eigenvalue weighted by Crippen LogP contribution is -2.02. The molecule has 0 saturated heterocycles. The highest BCUT2D eigenvalue weighted by Crippen LogP contribution is 2.24. The molecular formula is C15H15N3. The minimum absolute atomic E-state index is 0.912. The second-order valence-electron chi connectivity index (χ2n) is 4.59. The number of aromatic nitrogens is 3. The first kappa shape index (κ1) is 11.0. The molecule has 0 amide bonds. The van der Waals surface area contributed by atoms with E-state index in [1.54, 1.807) is 0 Å². The zero-order valence-corrected chi connectivity index (χ0v) is 10.8. The Labute approximate surface area is 106 Å². The molecule has 0 aliphatic heterocycles. The Balaban J connectivity index is 2.34. The van der Waals surface area contributed by atoms with Gasteiger partial charge < -0.3 is 0 Å². The van der Waals surface area contributed by atoms with Gasteiger partial charge in [-0.1, -0.05) is 30.3 Å². The van der Waals surface area contributed by atoms with Crippen LogP contribution in [-0.4, -0.2) is 14.6 Å². The first-order valence-corrected chi connectivity index (χ1v) is 6.06. The molecule has 0 N–H and O–H groups in total. The van der Waals surface area contributed by atoms with Crippen LogP contribution in [0.1, 0.15) is 17.0 Å². The highest BCUT2D eigenvalue weighted by Gasteiger charge is 2.11. The minimum Gasteiger partial charge on any atom is -0.228 e. The Bertz CT molecular complexity index is 711. The third-order valence-corrected chi connectivity index (χ3v) is 3.30. The molecule has 0 bridgehead atoms. The van der Waals surface area contributed by atoms with Gasteiger partial charge in [0.1, 0.15) is 0 Å². The molecule has 3 nitrogen and oxygen atoms in total. The summed E-state index contributed by atoms with van der Waals surface area (Å²) >= 11 is 0. The number of hydrogen-bond acceptors (Lipinski definition) is 2. The molecule has 90 valence electrons. The van der Waals surface area contributed by atoms with Crippen molar-refractivity contribution < 1.29 is 0 Å². The molecule has 0 fully saturated rings. The van der Waals surface area contributed by atoms with Crippen molar-refractivity contribution in [1.82, 2.24) is 14.6 Å². The van der Waals surface area contributed by atoms with Crippen molar-refractivity contribution in [1.29, 1.82) is 0 Å². The fourth-order valence-electron chi connectivity index (χ4n) is 2.22. The lowest BCUT2D eigenvalue weighted by atomic mass is 10.1. The summed E-state index contributed by atoms with van der Waals surface area (Å²) in [5, 5.41) is 4.46. The van der Waals surface area contributed by atoms with Gasteiger partial charge in [0.25, 0.3) is 0 Å². The van der Waals surface area contributed by atoms with E-state index in [4.69, 9.17) is 4.98 Å². The first-order valence-electron chi connectivity index (χ1n) is 6.06. The van der Waals surface area contributed by atoms with Crippen LogP contribution in [-0.2, 0) is 0 Å². The number of aryl methyl sites for hydroxylation is 2. The molecule has 0 atom stereocenters. The van der Waals surface area contributed by atoms with Gasteiger partial charge in [0.15, 0.2) is 5.65 Å². The normalized spacial score (nSPS) is 11.1. The van der Waals surface area contributed by atoms with Crippen LogP contribution in [0.4, 0.5) is 0 Å². The Morgan fingerprint density at radius 1 is 1.00 bits per heavy atom. The average Bonchev–Trinajstić information content (AvgIpc) is 2.76. The van der Waals surface area contributed by atoms with E-state index in [9.17, 15) is 0 Å². The highest BCUT2D eigenvalue weighted by molar-refractivity contribution is 5.66. The topological polar surface area (TPSA) is 30.2 Å². The largest absolute Gasteiger partial charge is 0.228 e. The molecule has 0 spiro atoms. The average molecular weight is 237 g/mol. The Hall–Kier alpha value is -2.16. The fourth-order valence-corrected chi connectivity index (χ4v) is 2.22. The lowest BCUT2D eigenvalue weighted by Gasteiger charge is -2.09. The summed E-state index contributed by atoms with van der Waals surface area (Å²) in [6.07, 6.45) is 0.